The molecular formula is C14H22N2O3. The van der Waals surface area contributed by atoms with Crippen LogP contribution in [0.4, 0.5) is 5.69 Å². The van der Waals surface area contributed by atoms with Crippen molar-refractivity contribution in [2.24, 2.45) is 0 Å². The first-order valence-electron chi connectivity index (χ1n) is 6.24. The summed E-state index contributed by atoms with van der Waals surface area (Å²) in [4.78, 5) is 11.7. The van der Waals surface area contributed by atoms with Gasteiger partial charge in [0.1, 0.15) is 12.7 Å². The second-order valence-corrected chi connectivity index (χ2v) is 5.51. The molecule has 0 saturated heterocycles. The Morgan fingerprint density at radius 3 is 2.47 bits per heavy atom. The van der Waals surface area contributed by atoms with Crippen molar-refractivity contribution in [2.45, 2.75) is 32.4 Å². The predicted octanol–water partition coefficient (Wildman–Crippen LogP) is 1.17. The molecule has 106 valence electrons. The highest BCUT2D eigenvalue weighted by Crippen LogP contribution is 2.07. The molecule has 1 rings (SSSR count). The van der Waals surface area contributed by atoms with Crippen LogP contribution in [-0.2, 0) is 4.74 Å². The van der Waals surface area contributed by atoms with Crippen molar-refractivity contribution in [3.05, 3.63) is 29.8 Å². The topological polar surface area (TPSA) is 84.6 Å². The van der Waals surface area contributed by atoms with Crippen LogP contribution in [0.5, 0.6) is 0 Å². The van der Waals surface area contributed by atoms with Crippen molar-refractivity contribution in [2.75, 3.05) is 18.9 Å². The molecule has 5 nitrogen and oxygen atoms in total. The molecule has 0 bridgehead atoms. The van der Waals surface area contributed by atoms with Gasteiger partial charge in [0.2, 0.25) is 0 Å². The summed E-state index contributed by atoms with van der Waals surface area (Å²) >= 11 is 0. The summed E-state index contributed by atoms with van der Waals surface area (Å²) in [5, 5.41) is 12.8. The van der Waals surface area contributed by atoms with E-state index in [0.29, 0.717) is 17.8 Å². The Morgan fingerprint density at radius 1 is 1.37 bits per heavy atom. The fraction of sp³-hybridized carbons (Fsp3) is 0.500. The van der Waals surface area contributed by atoms with Gasteiger partial charge in [-0.25, -0.2) is 4.79 Å². The Bertz CT molecular complexity index is 410. The van der Waals surface area contributed by atoms with Crippen molar-refractivity contribution in [1.29, 1.82) is 0 Å². The first-order valence-corrected chi connectivity index (χ1v) is 6.24. The highest BCUT2D eigenvalue weighted by Gasteiger charge is 2.14. The molecule has 4 N–H and O–H groups in total. The van der Waals surface area contributed by atoms with Gasteiger partial charge in [-0.1, -0.05) is 0 Å². The molecule has 0 fully saturated rings. The number of aliphatic hydroxyl groups excluding tert-OH is 1. The molecule has 0 spiro atoms. The fourth-order valence-electron chi connectivity index (χ4n) is 1.36. The van der Waals surface area contributed by atoms with Gasteiger partial charge in [-0.15, -0.1) is 0 Å². The van der Waals surface area contributed by atoms with E-state index in [2.05, 4.69) is 5.32 Å². The smallest absolute Gasteiger partial charge is 0.338 e. The largest absolute Gasteiger partial charge is 0.459 e. The maximum atomic E-state index is 11.7. The summed E-state index contributed by atoms with van der Waals surface area (Å²) < 4.78 is 5.03. The van der Waals surface area contributed by atoms with E-state index in [1.807, 2.05) is 20.8 Å². The van der Waals surface area contributed by atoms with E-state index >= 15 is 0 Å². The van der Waals surface area contributed by atoms with Gasteiger partial charge >= 0.3 is 5.97 Å². The lowest BCUT2D eigenvalue weighted by Gasteiger charge is -2.22. The molecule has 1 atom stereocenters. The zero-order chi connectivity index (χ0) is 14.5. The molecule has 0 amide bonds. The van der Waals surface area contributed by atoms with Crippen molar-refractivity contribution in [1.82, 2.24) is 5.32 Å². The van der Waals surface area contributed by atoms with Crippen molar-refractivity contribution < 1.29 is 14.6 Å². The first kappa shape index (κ1) is 15.5. The van der Waals surface area contributed by atoms with Gasteiger partial charge in [0.25, 0.3) is 0 Å². The molecule has 0 aliphatic heterocycles. The van der Waals surface area contributed by atoms with Crippen LogP contribution in [0, 0.1) is 0 Å². The minimum absolute atomic E-state index is 0.0354. The number of hydrogen-bond donors (Lipinski definition) is 3. The summed E-state index contributed by atoms with van der Waals surface area (Å²) in [6, 6.07) is 6.46. The second kappa shape index (κ2) is 6.54. The molecule has 1 aromatic carbocycles. The quantitative estimate of drug-likeness (QED) is 0.550. The standard InChI is InChI=1S/C14H22N2O3/c1-14(2,3)16-8-12(17)9-19-13(18)10-4-6-11(15)7-5-10/h4-7,12,16-17H,8-9,15H2,1-3H3/t12-/m1/s1. The Kier molecular flexibility index (Phi) is 5.32. The monoisotopic (exact) mass is 266 g/mol. The van der Waals surface area contributed by atoms with Gasteiger partial charge in [0.15, 0.2) is 0 Å². The van der Waals surface area contributed by atoms with Gasteiger partial charge in [0.05, 0.1) is 5.56 Å². The molecule has 1 aromatic rings. The van der Waals surface area contributed by atoms with Gasteiger partial charge < -0.3 is 20.9 Å². The number of nitrogens with two attached hydrogens (primary N) is 1. The van der Waals surface area contributed by atoms with Crippen molar-refractivity contribution >= 4 is 11.7 Å². The Labute approximate surface area is 113 Å². The zero-order valence-corrected chi connectivity index (χ0v) is 11.6. The molecule has 0 aliphatic rings. The predicted molar refractivity (Wildman–Crippen MR) is 74.9 cm³/mol. The number of benzene rings is 1. The van der Waals surface area contributed by atoms with Gasteiger partial charge in [0, 0.05) is 17.8 Å². The summed E-state index contributed by atoms with van der Waals surface area (Å²) in [6.45, 7) is 6.34. The number of aliphatic hydroxyl groups is 1. The number of anilines is 1. The summed E-state index contributed by atoms with van der Waals surface area (Å²) in [5.74, 6) is -0.463. The number of rotatable bonds is 5. The maximum Gasteiger partial charge on any atom is 0.338 e. The van der Waals surface area contributed by atoms with Crippen LogP contribution in [0.25, 0.3) is 0 Å². The maximum absolute atomic E-state index is 11.7. The lowest BCUT2D eigenvalue weighted by Crippen LogP contribution is -2.42. The third kappa shape index (κ3) is 6.22. The molecule has 5 heteroatoms. The summed E-state index contributed by atoms with van der Waals surface area (Å²) in [7, 11) is 0. The van der Waals surface area contributed by atoms with Crippen molar-refractivity contribution in [3.8, 4) is 0 Å². The molecular weight excluding hydrogens is 244 g/mol. The SMILES string of the molecule is CC(C)(C)NC[C@@H](O)COC(=O)c1ccc(N)cc1. The first-order chi connectivity index (χ1) is 8.78. The fourth-order valence-corrected chi connectivity index (χ4v) is 1.36. The normalized spacial score (nSPS) is 13.1. The lowest BCUT2D eigenvalue weighted by atomic mass is 10.1. The number of carbonyl (C=O) groups is 1. The van der Waals surface area contributed by atoms with E-state index in [1.165, 1.54) is 0 Å². The van der Waals surface area contributed by atoms with Crippen LogP contribution in [0.1, 0.15) is 31.1 Å². The zero-order valence-electron chi connectivity index (χ0n) is 11.6. The Balaban J connectivity index is 2.36. The number of ether oxygens (including phenoxy) is 1. The van der Waals surface area contributed by atoms with E-state index in [-0.39, 0.29) is 12.1 Å². The third-order valence-electron chi connectivity index (χ3n) is 2.42. The number of nitrogens with one attached hydrogen (secondary N) is 1. The molecule has 0 unspecified atom stereocenters. The highest BCUT2D eigenvalue weighted by molar-refractivity contribution is 5.89. The Morgan fingerprint density at radius 2 is 1.95 bits per heavy atom. The van der Waals surface area contributed by atoms with Crippen LogP contribution in [0.2, 0.25) is 0 Å². The second-order valence-electron chi connectivity index (χ2n) is 5.51. The van der Waals surface area contributed by atoms with Crippen LogP contribution in [0.3, 0.4) is 0 Å². The molecule has 0 aliphatic carbocycles. The lowest BCUT2D eigenvalue weighted by molar-refractivity contribution is 0.0247. The number of nitrogen functional groups attached to an aromatic ring is 1. The average molecular weight is 266 g/mol. The molecule has 0 aromatic heterocycles. The van der Waals surface area contributed by atoms with E-state index < -0.39 is 12.1 Å². The minimum atomic E-state index is -0.725. The van der Waals surface area contributed by atoms with E-state index in [4.69, 9.17) is 10.5 Å². The highest BCUT2D eigenvalue weighted by atomic mass is 16.5. The third-order valence-corrected chi connectivity index (χ3v) is 2.42. The van der Waals surface area contributed by atoms with Crippen molar-refractivity contribution in [3.63, 3.8) is 0 Å². The molecule has 19 heavy (non-hydrogen) atoms. The van der Waals surface area contributed by atoms with Crippen LogP contribution >= 0.6 is 0 Å². The summed E-state index contributed by atoms with van der Waals surface area (Å²) in [5.41, 5.74) is 6.46. The van der Waals surface area contributed by atoms with Crippen LogP contribution < -0.4 is 11.1 Å². The Hall–Kier alpha value is -1.59. The van der Waals surface area contributed by atoms with Crippen LogP contribution in [0.15, 0.2) is 24.3 Å². The number of β-amino-alcohol motifs (C(OH)–C–C–N with tert-alkyl or cyclic N) is 1. The number of hydrogen-bond acceptors (Lipinski definition) is 5. The van der Waals surface area contributed by atoms with Gasteiger partial charge in [-0.2, -0.15) is 0 Å². The number of esters is 1. The van der Waals surface area contributed by atoms with E-state index in [9.17, 15) is 9.90 Å². The van der Waals surface area contributed by atoms with Crippen LogP contribution in [-0.4, -0.2) is 35.9 Å². The van der Waals surface area contributed by atoms with Gasteiger partial charge in [-0.3, -0.25) is 0 Å². The summed E-state index contributed by atoms with van der Waals surface area (Å²) in [6.07, 6.45) is -0.725. The van der Waals surface area contributed by atoms with E-state index in [0.717, 1.165) is 0 Å². The minimum Gasteiger partial charge on any atom is -0.459 e. The number of carbonyl (C=O) groups excluding carboxylic acids is 1. The van der Waals surface area contributed by atoms with E-state index in [1.54, 1.807) is 24.3 Å². The molecule has 0 radical (unpaired) electrons. The van der Waals surface area contributed by atoms with Gasteiger partial charge in [-0.05, 0) is 45.0 Å². The average Bonchev–Trinajstić information content (AvgIpc) is 2.33. The molecule has 0 saturated carbocycles. The molecule has 0 heterocycles.